The fourth-order valence-corrected chi connectivity index (χ4v) is 3.82. The third-order valence-electron chi connectivity index (χ3n) is 5.26. The van der Waals surface area contributed by atoms with Crippen LogP contribution in [0.5, 0.6) is 0 Å². The maximum absolute atomic E-state index is 12.2. The topological polar surface area (TPSA) is 38.8 Å². The highest BCUT2D eigenvalue weighted by molar-refractivity contribution is 5.85. The Kier molecular flexibility index (Phi) is 7.41. The first-order valence-corrected chi connectivity index (χ1v) is 8.74. The van der Waals surface area contributed by atoms with Gasteiger partial charge in [0, 0.05) is 45.8 Å². The molecule has 3 heterocycles. The highest BCUT2D eigenvalue weighted by Crippen LogP contribution is 2.15. The van der Waals surface area contributed by atoms with Gasteiger partial charge in [-0.05, 0) is 44.7 Å². The molecule has 3 rings (SSSR count). The summed E-state index contributed by atoms with van der Waals surface area (Å²) in [6.45, 7) is 10.6. The molecule has 0 aromatic rings. The smallest absolute Gasteiger partial charge is 0.236 e. The van der Waals surface area contributed by atoms with Crippen LogP contribution in [0, 0.1) is 5.92 Å². The van der Waals surface area contributed by atoms with Gasteiger partial charge < -0.3 is 15.1 Å². The lowest BCUT2D eigenvalue weighted by Gasteiger charge is -2.37. The lowest BCUT2D eigenvalue weighted by molar-refractivity contribution is -0.131. The van der Waals surface area contributed by atoms with Gasteiger partial charge in [0.1, 0.15) is 0 Å². The van der Waals surface area contributed by atoms with Crippen LogP contribution in [0.3, 0.4) is 0 Å². The molecular weight excluding hydrogens is 300 g/mol. The molecule has 0 aromatic heterocycles. The minimum Gasteiger partial charge on any atom is -0.342 e. The van der Waals surface area contributed by atoms with Crippen molar-refractivity contribution in [3.63, 3.8) is 0 Å². The molecule has 0 aliphatic carbocycles. The average molecular weight is 331 g/mol. The Balaban J connectivity index is 0.00000176. The summed E-state index contributed by atoms with van der Waals surface area (Å²) in [5.74, 6) is 1.23. The van der Waals surface area contributed by atoms with E-state index in [0.717, 1.165) is 45.2 Å². The van der Waals surface area contributed by atoms with Crippen LogP contribution >= 0.6 is 12.4 Å². The van der Waals surface area contributed by atoms with E-state index >= 15 is 0 Å². The lowest BCUT2D eigenvalue weighted by Crippen LogP contribution is -2.51. The van der Waals surface area contributed by atoms with Crippen LogP contribution < -0.4 is 5.32 Å². The molecule has 1 amide bonds. The summed E-state index contributed by atoms with van der Waals surface area (Å²) in [5, 5.41) is 3.44. The standard InChI is InChI=1S/C16H30N4O.ClH/c21-16(20-7-1-2-8-20)14-19-11-9-18(10-12-19)13-15-3-5-17-6-4-15;/h15,17H,1-14H2;1H. The molecule has 0 radical (unpaired) electrons. The molecule has 3 aliphatic heterocycles. The van der Waals surface area contributed by atoms with Crippen LogP contribution in [0.1, 0.15) is 25.7 Å². The van der Waals surface area contributed by atoms with Crippen molar-refractivity contribution in [2.24, 2.45) is 5.92 Å². The Labute approximate surface area is 140 Å². The summed E-state index contributed by atoms with van der Waals surface area (Å²) in [6, 6.07) is 0. The number of carbonyl (C=O) groups is 1. The summed E-state index contributed by atoms with van der Waals surface area (Å²) in [4.78, 5) is 19.2. The minimum absolute atomic E-state index is 0. The van der Waals surface area contributed by atoms with E-state index in [1.165, 1.54) is 45.3 Å². The van der Waals surface area contributed by atoms with Gasteiger partial charge in [-0.2, -0.15) is 0 Å². The maximum Gasteiger partial charge on any atom is 0.236 e. The molecule has 1 N–H and O–H groups in total. The lowest BCUT2D eigenvalue weighted by atomic mass is 9.97. The van der Waals surface area contributed by atoms with Crippen molar-refractivity contribution in [3.05, 3.63) is 0 Å². The first-order chi connectivity index (χ1) is 10.3. The van der Waals surface area contributed by atoms with Gasteiger partial charge in [-0.1, -0.05) is 0 Å². The quantitative estimate of drug-likeness (QED) is 0.821. The molecule has 6 heteroatoms. The first kappa shape index (κ1) is 18.0. The number of nitrogens with one attached hydrogen (secondary N) is 1. The average Bonchev–Trinajstić information content (AvgIpc) is 3.05. The number of likely N-dealkylation sites (tertiary alicyclic amines) is 1. The summed E-state index contributed by atoms with van der Waals surface area (Å²) in [7, 11) is 0. The molecule has 128 valence electrons. The number of piperazine rings is 1. The number of rotatable bonds is 4. The fraction of sp³-hybridized carbons (Fsp3) is 0.938. The molecule has 5 nitrogen and oxygen atoms in total. The molecule has 3 fully saturated rings. The summed E-state index contributed by atoms with van der Waals surface area (Å²) in [5.41, 5.74) is 0. The van der Waals surface area contributed by atoms with Crippen LogP contribution in [0.2, 0.25) is 0 Å². The molecule has 22 heavy (non-hydrogen) atoms. The largest absolute Gasteiger partial charge is 0.342 e. The van der Waals surface area contributed by atoms with Gasteiger partial charge in [-0.25, -0.2) is 0 Å². The molecule has 0 unspecified atom stereocenters. The van der Waals surface area contributed by atoms with Crippen LogP contribution in [-0.4, -0.2) is 86.1 Å². The fourth-order valence-electron chi connectivity index (χ4n) is 3.82. The summed E-state index contributed by atoms with van der Waals surface area (Å²) >= 11 is 0. The first-order valence-electron chi connectivity index (χ1n) is 8.74. The number of amides is 1. The SMILES string of the molecule is Cl.O=C(CN1CCN(CC2CCNCC2)CC1)N1CCCC1. The van der Waals surface area contributed by atoms with E-state index in [1.807, 2.05) is 4.90 Å². The Morgan fingerprint density at radius 1 is 0.909 bits per heavy atom. The molecule has 0 bridgehead atoms. The van der Waals surface area contributed by atoms with E-state index < -0.39 is 0 Å². The third kappa shape index (κ3) is 5.08. The van der Waals surface area contributed by atoms with Crippen LogP contribution in [0.4, 0.5) is 0 Å². The Bertz CT molecular complexity index is 335. The second-order valence-electron chi connectivity index (χ2n) is 6.86. The van der Waals surface area contributed by atoms with Gasteiger partial charge in [-0.15, -0.1) is 12.4 Å². The van der Waals surface area contributed by atoms with Gasteiger partial charge in [0.2, 0.25) is 5.91 Å². The molecule has 0 spiro atoms. The van der Waals surface area contributed by atoms with E-state index in [9.17, 15) is 4.79 Å². The Hall–Kier alpha value is -0.360. The molecule has 3 saturated heterocycles. The van der Waals surface area contributed by atoms with E-state index in [2.05, 4.69) is 15.1 Å². The van der Waals surface area contributed by atoms with Gasteiger partial charge in [0.05, 0.1) is 6.54 Å². The second kappa shape index (κ2) is 9.06. The third-order valence-corrected chi connectivity index (χ3v) is 5.26. The molecule has 0 atom stereocenters. The van der Waals surface area contributed by atoms with Gasteiger partial charge in [0.25, 0.3) is 0 Å². The van der Waals surface area contributed by atoms with Gasteiger partial charge >= 0.3 is 0 Å². The normalized spacial score (nSPS) is 25.2. The van der Waals surface area contributed by atoms with Crippen molar-refractivity contribution in [1.82, 2.24) is 20.0 Å². The highest BCUT2D eigenvalue weighted by Gasteiger charge is 2.24. The number of hydrogen-bond donors (Lipinski definition) is 1. The summed E-state index contributed by atoms with van der Waals surface area (Å²) in [6.07, 6.45) is 5.03. The molecular formula is C16H31ClN4O. The Morgan fingerprint density at radius 3 is 2.14 bits per heavy atom. The highest BCUT2D eigenvalue weighted by atomic mass is 35.5. The number of piperidine rings is 1. The van der Waals surface area contributed by atoms with Crippen LogP contribution in [0.25, 0.3) is 0 Å². The van der Waals surface area contributed by atoms with Gasteiger partial charge in [-0.3, -0.25) is 9.69 Å². The minimum atomic E-state index is 0. The monoisotopic (exact) mass is 330 g/mol. The van der Waals surface area contributed by atoms with E-state index in [4.69, 9.17) is 0 Å². The zero-order valence-corrected chi connectivity index (χ0v) is 14.5. The molecule has 3 aliphatic rings. The summed E-state index contributed by atoms with van der Waals surface area (Å²) < 4.78 is 0. The predicted octanol–water partition coefficient (Wildman–Crippen LogP) is 0.648. The van der Waals surface area contributed by atoms with E-state index in [-0.39, 0.29) is 12.4 Å². The number of hydrogen-bond acceptors (Lipinski definition) is 4. The van der Waals surface area contributed by atoms with Crippen molar-refractivity contribution in [2.45, 2.75) is 25.7 Å². The molecule has 0 aromatic carbocycles. The van der Waals surface area contributed by atoms with E-state index in [0.29, 0.717) is 12.5 Å². The number of carbonyl (C=O) groups excluding carboxylic acids is 1. The zero-order valence-electron chi connectivity index (χ0n) is 13.6. The Morgan fingerprint density at radius 2 is 1.50 bits per heavy atom. The predicted molar refractivity (Wildman–Crippen MR) is 91.5 cm³/mol. The number of halogens is 1. The van der Waals surface area contributed by atoms with Crippen molar-refractivity contribution in [2.75, 3.05) is 65.4 Å². The van der Waals surface area contributed by atoms with Crippen LogP contribution in [-0.2, 0) is 4.79 Å². The molecule has 0 saturated carbocycles. The van der Waals surface area contributed by atoms with E-state index in [1.54, 1.807) is 0 Å². The van der Waals surface area contributed by atoms with Crippen molar-refractivity contribution >= 4 is 18.3 Å². The van der Waals surface area contributed by atoms with Gasteiger partial charge in [0.15, 0.2) is 0 Å². The van der Waals surface area contributed by atoms with Crippen molar-refractivity contribution < 1.29 is 4.79 Å². The maximum atomic E-state index is 12.2. The van der Waals surface area contributed by atoms with Crippen molar-refractivity contribution in [3.8, 4) is 0 Å². The number of nitrogens with zero attached hydrogens (tertiary/aromatic N) is 3. The zero-order chi connectivity index (χ0) is 14.5. The van der Waals surface area contributed by atoms with Crippen LogP contribution in [0.15, 0.2) is 0 Å². The second-order valence-corrected chi connectivity index (χ2v) is 6.86. The van der Waals surface area contributed by atoms with Crippen molar-refractivity contribution in [1.29, 1.82) is 0 Å².